The van der Waals surface area contributed by atoms with Gasteiger partial charge in [0, 0.05) is 15.1 Å². The van der Waals surface area contributed by atoms with E-state index in [1.165, 1.54) is 6.92 Å². The zero-order chi connectivity index (χ0) is 14.7. The van der Waals surface area contributed by atoms with E-state index in [9.17, 15) is 9.59 Å². The first kappa shape index (κ1) is 14.8. The van der Waals surface area contributed by atoms with Crippen molar-refractivity contribution >= 4 is 44.9 Å². The van der Waals surface area contributed by atoms with Crippen LogP contribution >= 0.6 is 27.5 Å². The zero-order valence-electron chi connectivity index (χ0n) is 10.6. The first-order valence-electron chi connectivity index (χ1n) is 5.85. The topological polar surface area (TPSA) is 46.2 Å². The first-order valence-corrected chi connectivity index (χ1v) is 7.02. The summed E-state index contributed by atoms with van der Waals surface area (Å²) in [7, 11) is 0. The molecule has 1 amide bonds. The maximum Gasteiger partial charge on any atom is 0.256 e. The van der Waals surface area contributed by atoms with Crippen molar-refractivity contribution in [3.8, 4) is 0 Å². The van der Waals surface area contributed by atoms with Gasteiger partial charge in [0.25, 0.3) is 5.91 Å². The summed E-state index contributed by atoms with van der Waals surface area (Å²) >= 11 is 9.14. The molecule has 2 aromatic carbocycles. The average molecular weight is 353 g/mol. The van der Waals surface area contributed by atoms with Crippen LogP contribution in [0.2, 0.25) is 5.02 Å². The molecule has 2 rings (SSSR count). The maximum absolute atomic E-state index is 12.2. The second-order valence-electron chi connectivity index (χ2n) is 4.18. The van der Waals surface area contributed by atoms with Crippen LogP contribution in [0.3, 0.4) is 0 Å². The second-order valence-corrected chi connectivity index (χ2v) is 5.47. The molecule has 0 unspecified atom stereocenters. The third kappa shape index (κ3) is 3.26. The third-order valence-electron chi connectivity index (χ3n) is 2.73. The van der Waals surface area contributed by atoms with Gasteiger partial charge in [0.05, 0.1) is 11.3 Å². The third-order valence-corrected chi connectivity index (χ3v) is 3.62. The monoisotopic (exact) mass is 351 g/mol. The number of carbonyl (C=O) groups is 2. The minimum Gasteiger partial charge on any atom is -0.321 e. The fourth-order valence-electron chi connectivity index (χ4n) is 1.76. The van der Waals surface area contributed by atoms with Gasteiger partial charge in [-0.25, -0.2) is 0 Å². The minimum absolute atomic E-state index is 0.101. The normalized spacial score (nSPS) is 10.2. The van der Waals surface area contributed by atoms with Crippen molar-refractivity contribution in [3.05, 3.63) is 63.1 Å². The van der Waals surface area contributed by atoms with Crippen LogP contribution in [-0.2, 0) is 0 Å². The van der Waals surface area contributed by atoms with Gasteiger partial charge in [0.15, 0.2) is 5.78 Å². The van der Waals surface area contributed by atoms with Gasteiger partial charge in [-0.15, -0.1) is 0 Å². The molecule has 0 spiro atoms. The Kier molecular flexibility index (Phi) is 4.57. The van der Waals surface area contributed by atoms with Crippen molar-refractivity contribution in [2.24, 2.45) is 0 Å². The molecule has 0 aliphatic carbocycles. The molecule has 0 saturated heterocycles. The first-order chi connectivity index (χ1) is 9.49. The molecule has 0 aliphatic rings. The van der Waals surface area contributed by atoms with Gasteiger partial charge in [-0.3, -0.25) is 9.59 Å². The summed E-state index contributed by atoms with van der Waals surface area (Å²) in [5.74, 6) is -0.404. The second kappa shape index (κ2) is 6.20. The fraction of sp³-hybridized carbons (Fsp3) is 0.0667. The molecule has 0 heterocycles. The molecular formula is C15H11BrClNO2. The predicted molar refractivity (Wildman–Crippen MR) is 83.6 cm³/mol. The molecule has 3 nitrogen and oxygen atoms in total. The summed E-state index contributed by atoms with van der Waals surface area (Å²) < 4.78 is 0.600. The van der Waals surface area contributed by atoms with Crippen molar-refractivity contribution < 1.29 is 9.59 Å². The molecule has 0 saturated carbocycles. The number of hydrogen-bond acceptors (Lipinski definition) is 2. The molecular weight excluding hydrogens is 342 g/mol. The number of halogens is 2. The number of ketones is 1. The quantitative estimate of drug-likeness (QED) is 0.823. The van der Waals surface area contributed by atoms with Gasteiger partial charge < -0.3 is 5.32 Å². The van der Waals surface area contributed by atoms with Crippen molar-refractivity contribution in [3.63, 3.8) is 0 Å². The van der Waals surface area contributed by atoms with Gasteiger partial charge >= 0.3 is 0 Å². The van der Waals surface area contributed by atoms with E-state index in [4.69, 9.17) is 11.6 Å². The number of rotatable bonds is 3. The number of carbonyl (C=O) groups excluding carboxylic acids is 2. The van der Waals surface area contributed by atoms with Crippen LogP contribution in [-0.4, -0.2) is 11.7 Å². The number of Topliss-reactive ketones (excluding diaryl/α,β-unsaturated/α-hetero) is 1. The number of hydrogen-bond donors (Lipinski definition) is 1. The Balaban J connectivity index is 2.30. The molecule has 1 N–H and O–H groups in total. The lowest BCUT2D eigenvalue weighted by molar-refractivity contribution is 0.101. The standard InChI is InChI=1S/C15H11BrClNO2/c1-9(19)11-4-2-3-5-14(11)18-15(20)12-7-6-10(17)8-13(12)16/h2-8H,1H3,(H,18,20). The molecule has 0 fully saturated rings. The molecule has 0 atom stereocenters. The van der Waals surface area contributed by atoms with Gasteiger partial charge in [-0.05, 0) is 53.2 Å². The van der Waals surface area contributed by atoms with E-state index in [2.05, 4.69) is 21.2 Å². The Morgan fingerprint density at radius 3 is 2.45 bits per heavy atom. The highest BCUT2D eigenvalue weighted by Gasteiger charge is 2.13. The molecule has 20 heavy (non-hydrogen) atoms. The predicted octanol–water partition coefficient (Wildman–Crippen LogP) is 4.56. The summed E-state index contributed by atoms with van der Waals surface area (Å²) in [6, 6.07) is 11.8. The van der Waals surface area contributed by atoms with E-state index >= 15 is 0 Å². The van der Waals surface area contributed by atoms with Crippen LogP contribution < -0.4 is 5.32 Å². The zero-order valence-corrected chi connectivity index (χ0v) is 13.0. The number of amides is 1. The summed E-state index contributed by atoms with van der Waals surface area (Å²) in [4.78, 5) is 23.7. The molecule has 0 aromatic heterocycles. The molecule has 2 aromatic rings. The molecule has 0 bridgehead atoms. The number of benzene rings is 2. The largest absolute Gasteiger partial charge is 0.321 e. The Bertz CT molecular complexity index is 685. The Hall–Kier alpha value is -1.65. The SMILES string of the molecule is CC(=O)c1ccccc1NC(=O)c1ccc(Cl)cc1Br. The summed E-state index contributed by atoms with van der Waals surface area (Å²) in [5, 5.41) is 3.28. The van der Waals surface area contributed by atoms with E-state index in [1.54, 1.807) is 42.5 Å². The van der Waals surface area contributed by atoms with Crippen LogP contribution in [0.4, 0.5) is 5.69 Å². The van der Waals surface area contributed by atoms with E-state index < -0.39 is 0 Å². The maximum atomic E-state index is 12.2. The average Bonchev–Trinajstić information content (AvgIpc) is 2.38. The fourth-order valence-corrected chi connectivity index (χ4v) is 2.63. The van der Waals surface area contributed by atoms with Crippen LogP contribution in [0.25, 0.3) is 0 Å². The summed E-state index contributed by atoms with van der Waals surface area (Å²) in [5.41, 5.74) is 1.42. The van der Waals surface area contributed by atoms with Crippen molar-refractivity contribution in [2.75, 3.05) is 5.32 Å². The van der Waals surface area contributed by atoms with E-state index in [1.807, 2.05) is 0 Å². The Morgan fingerprint density at radius 1 is 1.10 bits per heavy atom. The number of para-hydroxylation sites is 1. The van der Waals surface area contributed by atoms with Crippen LogP contribution in [0.15, 0.2) is 46.9 Å². The van der Waals surface area contributed by atoms with Crippen molar-refractivity contribution in [2.45, 2.75) is 6.92 Å². The van der Waals surface area contributed by atoms with E-state index in [0.29, 0.717) is 26.3 Å². The lowest BCUT2D eigenvalue weighted by Gasteiger charge is -2.10. The summed E-state index contributed by atoms with van der Waals surface area (Å²) in [6.45, 7) is 1.46. The number of nitrogens with one attached hydrogen (secondary N) is 1. The summed E-state index contributed by atoms with van der Waals surface area (Å²) in [6.07, 6.45) is 0. The highest BCUT2D eigenvalue weighted by atomic mass is 79.9. The van der Waals surface area contributed by atoms with Crippen molar-refractivity contribution in [1.82, 2.24) is 0 Å². The molecule has 0 aliphatic heterocycles. The van der Waals surface area contributed by atoms with E-state index in [-0.39, 0.29) is 11.7 Å². The van der Waals surface area contributed by atoms with Crippen molar-refractivity contribution in [1.29, 1.82) is 0 Å². The Morgan fingerprint density at radius 2 is 1.80 bits per heavy atom. The highest BCUT2D eigenvalue weighted by molar-refractivity contribution is 9.10. The molecule has 102 valence electrons. The van der Waals surface area contributed by atoms with Crippen LogP contribution in [0.1, 0.15) is 27.6 Å². The number of anilines is 1. The van der Waals surface area contributed by atoms with Gasteiger partial charge in [-0.2, -0.15) is 0 Å². The lowest BCUT2D eigenvalue weighted by Crippen LogP contribution is -2.14. The van der Waals surface area contributed by atoms with Crippen LogP contribution in [0.5, 0.6) is 0 Å². The van der Waals surface area contributed by atoms with Crippen LogP contribution in [0, 0.1) is 0 Å². The smallest absolute Gasteiger partial charge is 0.256 e. The molecule has 5 heteroatoms. The Labute approximate surface area is 130 Å². The van der Waals surface area contributed by atoms with Gasteiger partial charge in [0.2, 0.25) is 0 Å². The molecule has 0 radical (unpaired) electrons. The van der Waals surface area contributed by atoms with Gasteiger partial charge in [-0.1, -0.05) is 23.7 Å². The van der Waals surface area contributed by atoms with Gasteiger partial charge in [0.1, 0.15) is 0 Å². The van der Waals surface area contributed by atoms with E-state index in [0.717, 1.165) is 0 Å². The lowest BCUT2D eigenvalue weighted by atomic mass is 10.1. The highest BCUT2D eigenvalue weighted by Crippen LogP contribution is 2.23. The minimum atomic E-state index is -0.303.